The molecule has 43 heavy (non-hydrogen) atoms. The fraction of sp³-hybridized carbons (Fsp3) is 0.519. The van der Waals surface area contributed by atoms with Gasteiger partial charge in [-0.15, -0.1) is 0 Å². The summed E-state index contributed by atoms with van der Waals surface area (Å²) in [5.74, 6) is -2.52. The Labute approximate surface area is 246 Å². The Morgan fingerprint density at radius 2 is 1.93 bits per heavy atom. The first-order valence-corrected chi connectivity index (χ1v) is 15.6. The zero-order valence-corrected chi connectivity index (χ0v) is 25.4. The average molecular weight is 626 g/mol. The number of alkyl halides is 2. The molecular weight excluding hydrogens is 592 g/mol. The Morgan fingerprint density at radius 3 is 2.58 bits per heavy atom. The van der Waals surface area contributed by atoms with Crippen LogP contribution in [-0.2, 0) is 30.0 Å². The minimum atomic E-state index is -3.62. The van der Waals surface area contributed by atoms with Gasteiger partial charge < -0.3 is 27.8 Å². The number of methoxy groups -OCH3 is 2. The number of carbonyl (C=O) groups is 1. The summed E-state index contributed by atoms with van der Waals surface area (Å²) in [6, 6.07) is 6.22. The van der Waals surface area contributed by atoms with Gasteiger partial charge in [0.2, 0.25) is 6.23 Å². The van der Waals surface area contributed by atoms with Crippen LogP contribution in [0.1, 0.15) is 39.7 Å². The van der Waals surface area contributed by atoms with Crippen LogP contribution in [0.4, 0.5) is 19.4 Å². The summed E-state index contributed by atoms with van der Waals surface area (Å²) in [7, 11) is -0.247. The van der Waals surface area contributed by atoms with Crippen LogP contribution < -0.4 is 20.5 Å². The molecule has 2 aromatic heterocycles. The van der Waals surface area contributed by atoms with E-state index < -0.39 is 44.7 Å². The number of hydrogen-bond acceptors (Lipinski definition) is 11. The molecule has 1 amide bonds. The summed E-state index contributed by atoms with van der Waals surface area (Å²) >= 11 is 0. The van der Waals surface area contributed by atoms with E-state index in [4.69, 9.17) is 37.3 Å². The fourth-order valence-corrected chi connectivity index (χ4v) is 8.48. The molecule has 2 aliphatic rings. The van der Waals surface area contributed by atoms with Gasteiger partial charge in [0.25, 0.3) is 0 Å². The summed E-state index contributed by atoms with van der Waals surface area (Å²) < 4.78 is 70.8. The van der Waals surface area contributed by atoms with Gasteiger partial charge in [0.05, 0.1) is 14.2 Å². The number of anilines is 1. The third-order valence-corrected chi connectivity index (χ3v) is 11.6. The Morgan fingerprint density at radius 1 is 1.19 bits per heavy atom. The normalized spacial score (nSPS) is 22.8. The van der Waals surface area contributed by atoms with Crippen molar-refractivity contribution >= 4 is 31.4 Å². The van der Waals surface area contributed by atoms with Gasteiger partial charge in [-0.05, 0) is 29.3 Å². The van der Waals surface area contributed by atoms with Gasteiger partial charge >= 0.3 is 26.3 Å². The molecule has 3 atom stereocenters. The number of ether oxygens (including phenoxy) is 4. The van der Waals surface area contributed by atoms with Crippen molar-refractivity contribution in [2.45, 2.75) is 69.7 Å². The van der Waals surface area contributed by atoms with E-state index in [1.165, 1.54) is 20.3 Å². The zero-order chi connectivity index (χ0) is 31.1. The number of benzene rings is 1. The number of furan rings is 1. The van der Waals surface area contributed by atoms with E-state index in [1.54, 1.807) is 18.2 Å². The molecule has 0 aliphatic carbocycles. The first-order chi connectivity index (χ1) is 20.4. The molecule has 0 radical (unpaired) electrons. The highest BCUT2D eigenvalue weighted by Crippen LogP contribution is 2.49. The van der Waals surface area contributed by atoms with Crippen LogP contribution in [-0.4, -0.2) is 63.2 Å². The van der Waals surface area contributed by atoms with Crippen LogP contribution in [0, 0.1) is 0 Å². The first-order valence-electron chi connectivity index (χ1n) is 13.6. The van der Waals surface area contributed by atoms with E-state index >= 15 is 8.78 Å². The third kappa shape index (κ3) is 5.72. The van der Waals surface area contributed by atoms with E-state index in [2.05, 4.69) is 10.3 Å². The van der Waals surface area contributed by atoms with Gasteiger partial charge in [-0.3, -0.25) is 14.5 Å². The van der Waals surface area contributed by atoms with Crippen molar-refractivity contribution in [2.75, 3.05) is 26.1 Å². The van der Waals surface area contributed by atoms with Crippen LogP contribution >= 0.6 is 0 Å². The van der Waals surface area contributed by atoms with Crippen molar-refractivity contribution in [1.29, 1.82) is 0 Å². The maximum Gasteiger partial charge on any atom is 0.413 e. The monoisotopic (exact) mass is 625 g/mol. The minimum Gasteiger partial charge on any atom is -0.497 e. The summed E-state index contributed by atoms with van der Waals surface area (Å²) in [6.07, 6.45) is -4.80. The van der Waals surface area contributed by atoms with Crippen molar-refractivity contribution in [3.05, 3.63) is 46.7 Å². The number of nitrogens with zero attached hydrogens (tertiary/aromatic N) is 2. The molecular formula is C27H33F2N3O10Si. The number of carbonyl (C=O) groups excluding carboxylic acids is 1. The number of halogens is 2. The van der Waals surface area contributed by atoms with Crippen molar-refractivity contribution in [1.82, 2.24) is 9.55 Å². The molecule has 0 bridgehead atoms. The maximum atomic E-state index is 15.8. The molecule has 13 nitrogen and oxygen atoms in total. The lowest BCUT2D eigenvalue weighted by Crippen LogP contribution is -2.54. The number of amides is 1. The SMILES string of the molecule is COc1cc(OC)c2oc(COC(=O)Nc3ccn([C@@H]4O[C@@H]5COO[Si](C(C)C)(C(C)C)O[C@H]5C4(F)F)c(=O)n3)cc2c1. The molecule has 4 heterocycles. The highest BCUT2D eigenvalue weighted by atomic mass is 28.4. The predicted molar refractivity (Wildman–Crippen MR) is 148 cm³/mol. The molecule has 0 spiro atoms. The van der Waals surface area contributed by atoms with Crippen LogP contribution in [0.25, 0.3) is 11.0 Å². The summed E-state index contributed by atoms with van der Waals surface area (Å²) in [5.41, 5.74) is -1.03. The second kappa shape index (κ2) is 11.8. The summed E-state index contributed by atoms with van der Waals surface area (Å²) in [6.45, 7) is 6.77. The molecule has 1 aromatic carbocycles. The Balaban J connectivity index is 1.27. The highest BCUT2D eigenvalue weighted by molar-refractivity contribution is 6.70. The van der Waals surface area contributed by atoms with Gasteiger partial charge in [0, 0.05) is 17.6 Å². The maximum absolute atomic E-state index is 15.8. The van der Waals surface area contributed by atoms with E-state index in [0.717, 1.165) is 6.20 Å². The minimum absolute atomic E-state index is 0.200. The Kier molecular flexibility index (Phi) is 8.50. The van der Waals surface area contributed by atoms with Crippen molar-refractivity contribution in [3.8, 4) is 11.5 Å². The molecule has 2 saturated heterocycles. The molecule has 2 fully saturated rings. The molecule has 5 rings (SSSR count). The van der Waals surface area contributed by atoms with E-state index in [-0.39, 0.29) is 30.1 Å². The molecule has 234 valence electrons. The summed E-state index contributed by atoms with van der Waals surface area (Å²) in [5, 5.41) is 2.98. The topological polar surface area (TPSA) is 142 Å². The van der Waals surface area contributed by atoms with Gasteiger partial charge in [0.1, 0.15) is 36.1 Å². The molecule has 3 aromatic rings. The lowest BCUT2D eigenvalue weighted by molar-refractivity contribution is -0.245. The van der Waals surface area contributed by atoms with Crippen molar-refractivity contribution in [2.24, 2.45) is 0 Å². The largest absolute Gasteiger partial charge is 0.497 e. The molecule has 16 heteroatoms. The fourth-order valence-electron chi connectivity index (χ4n) is 5.22. The third-order valence-electron chi connectivity index (χ3n) is 7.41. The van der Waals surface area contributed by atoms with Gasteiger partial charge in [-0.1, -0.05) is 27.7 Å². The molecule has 0 unspecified atom stereocenters. The number of aromatic nitrogens is 2. The first kappa shape index (κ1) is 30.9. The van der Waals surface area contributed by atoms with Gasteiger partial charge in [-0.2, -0.15) is 13.8 Å². The van der Waals surface area contributed by atoms with Crippen molar-refractivity contribution in [3.63, 3.8) is 0 Å². The highest BCUT2D eigenvalue weighted by Gasteiger charge is 2.66. The van der Waals surface area contributed by atoms with E-state index in [9.17, 15) is 9.59 Å². The van der Waals surface area contributed by atoms with E-state index in [1.807, 2.05) is 27.7 Å². The molecule has 0 saturated carbocycles. The summed E-state index contributed by atoms with van der Waals surface area (Å²) in [4.78, 5) is 34.3. The smallest absolute Gasteiger partial charge is 0.413 e. The lowest BCUT2D eigenvalue weighted by Gasteiger charge is -2.37. The quantitative estimate of drug-likeness (QED) is 0.270. The van der Waals surface area contributed by atoms with Crippen LogP contribution in [0.2, 0.25) is 11.1 Å². The Bertz CT molecular complexity index is 1540. The average Bonchev–Trinajstić information content (AvgIpc) is 3.39. The van der Waals surface area contributed by atoms with Gasteiger partial charge in [-0.25, -0.2) is 14.5 Å². The van der Waals surface area contributed by atoms with Crippen molar-refractivity contribution < 1.29 is 50.8 Å². The second-order valence-corrected chi connectivity index (χ2v) is 15.0. The number of fused-ring (bicyclic) bond motifs is 2. The Hall–Kier alpha value is -3.57. The standard InChI is InChI=1S/C27H33F2N3O10Si/c1-14(2)43(15(3)4)41-23-20(13-38-42-43)40-24(27(23,28)29)32-8-7-21(30-25(32)33)31-26(34)37-12-18-10-16-9-17(35-5)11-19(36-6)22(16)39-18/h7-11,14-15,20,23-24H,12-13H2,1-6H3,(H,30,31,33,34)/t20-,23-,24-/m1/s1. The second-order valence-electron chi connectivity index (χ2n) is 10.8. The molecule has 2 aliphatic heterocycles. The number of rotatable bonds is 8. The molecule has 1 N–H and O–H groups in total. The van der Waals surface area contributed by atoms with E-state index in [0.29, 0.717) is 32.8 Å². The van der Waals surface area contributed by atoms with Crippen LogP contribution in [0.15, 0.2) is 39.7 Å². The van der Waals surface area contributed by atoms with Crippen LogP contribution in [0.5, 0.6) is 11.5 Å². The predicted octanol–water partition coefficient (Wildman–Crippen LogP) is 4.90. The number of hydrogen-bond donors (Lipinski definition) is 1. The lowest BCUT2D eigenvalue weighted by atomic mass is 10.1. The number of nitrogens with one attached hydrogen (secondary N) is 1. The zero-order valence-electron chi connectivity index (χ0n) is 24.4. The van der Waals surface area contributed by atoms with Crippen LogP contribution in [0.3, 0.4) is 0 Å². The van der Waals surface area contributed by atoms with Gasteiger partial charge in [0.15, 0.2) is 17.9 Å².